The molecular weight excluding hydrogens is 500 g/mol. The molecule has 0 aliphatic carbocycles. The van der Waals surface area contributed by atoms with Crippen LogP contribution in [0.25, 0.3) is 10.9 Å². The van der Waals surface area contributed by atoms with Gasteiger partial charge in [0.25, 0.3) is 0 Å². The van der Waals surface area contributed by atoms with Crippen LogP contribution in [-0.2, 0) is 30.4 Å². The average molecular weight is 535 g/mol. The molecule has 0 fully saturated rings. The lowest BCUT2D eigenvalue weighted by Gasteiger charge is -2.27. The van der Waals surface area contributed by atoms with Gasteiger partial charge in [0.2, 0.25) is 23.6 Å². The second-order valence-electron chi connectivity index (χ2n) is 9.03. The number of carbonyl (C=O) groups is 5. The summed E-state index contributed by atoms with van der Waals surface area (Å²) in [5.41, 5.74) is 12.4. The first-order valence-electron chi connectivity index (χ1n) is 11.9. The molecule has 1 aromatic carbocycles. The largest absolute Gasteiger partial charge is 0.480 e. The summed E-state index contributed by atoms with van der Waals surface area (Å²) in [4.78, 5) is 64.2. The van der Waals surface area contributed by atoms with Crippen molar-refractivity contribution in [2.24, 2.45) is 11.5 Å². The minimum Gasteiger partial charge on any atom is -0.480 e. The lowest BCUT2D eigenvalue weighted by molar-refractivity contribution is -0.146. The standard InChI is InChI=1S/C24H34N6O8/c1-11(31)19(23(36)30-20(12(2)32)24(37)38)29-22(35)17(28-21(34)15(25)7-8-18(26)33)9-13-10-27-16-6-4-3-5-14(13)16/h3-6,10-12,15,17,19-20,27,31-32H,7-9,25H2,1-2H3,(H2,26,33)(H,28,34)(H,29,35)(H,30,36)(H,37,38). The number of hydrogen-bond donors (Lipinski definition) is 9. The van der Waals surface area contributed by atoms with Crippen molar-refractivity contribution in [3.63, 3.8) is 0 Å². The summed E-state index contributed by atoms with van der Waals surface area (Å²) in [6, 6.07) is 1.50. The van der Waals surface area contributed by atoms with E-state index in [-0.39, 0.29) is 19.3 Å². The average Bonchev–Trinajstić information content (AvgIpc) is 3.25. The number of aliphatic hydroxyl groups excluding tert-OH is 2. The van der Waals surface area contributed by atoms with Gasteiger partial charge in [0.15, 0.2) is 6.04 Å². The maximum Gasteiger partial charge on any atom is 0.328 e. The summed E-state index contributed by atoms with van der Waals surface area (Å²) in [5.74, 6) is -4.83. The van der Waals surface area contributed by atoms with Crippen LogP contribution >= 0.6 is 0 Å². The summed E-state index contributed by atoms with van der Waals surface area (Å²) >= 11 is 0. The third-order valence-corrected chi connectivity index (χ3v) is 5.88. The molecule has 11 N–H and O–H groups in total. The number of para-hydroxylation sites is 1. The van der Waals surface area contributed by atoms with E-state index < -0.39 is 66.0 Å². The number of rotatable bonds is 14. The van der Waals surface area contributed by atoms with E-state index in [0.29, 0.717) is 5.56 Å². The van der Waals surface area contributed by atoms with Gasteiger partial charge in [0.1, 0.15) is 12.1 Å². The van der Waals surface area contributed by atoms with Gasteiger partial charge >= 0.3 is 5.97 Å². The molecule has 2 rings (SSSR count). The smallest absolute Gasteiger partial charge is 0.328 e. The number of aliphatic hydroxyl groups is 2. The lowest BCUT2D eigenvalue weighted by atomic mass is 10.0. The monoisotopic (exact) mass is 534 g/mol. The maximum absolute atomic E-state index is 13.3. The number of H-pyrrole nitrogens is 1. The van der Waals surface area contributed by atoms with Crippen LogP contribution in [0.1, 0.15) is 32.3 Å². The molecular formula is C24H34N6O8. The van der Waals surface area contributed by atoms with Crippen LogP contribution in [0.15, 0.2) is 30.5 Å². The number of amides is 4. The number of aliphatic carboxylic acids is 1. The Hall–Kier alpha value is -4.01. The van der Waals surface area contributed by atoms with Crippen LogP contribution in [0, 0.1) is 0 Å². The van der Waals surface area contributed by atoms with Crippen molar-refractivity contribution in [3.05, 3.63) is 36.0 Å². The molecule has 4 amide bonds. The van der Waals surface area contributed by atoms with E-state index in [4.69, 9.17) is 11.5 Å². The number of carbonyl (C=O) groups excluding carboxylic acids is 4. The van der Waals surface area contributed by atoms with Crippen LogP contribution in [0.5, 0.6) is 0 Å². The number of carboxylic acid groups (broad SMARTS) is 1. The number of primary amides is 1. The number of aromatic nitrogens is 1. The van der Waals surface area contributed by atoms with Gasteiger partial charge in [-0.15, -0.1) is 0 Å². The first-order valence-corrected chi connectivity index (χ1v) is 11.9. The summed E-state index contributed by atoms with van der Waals surface area (Å²) in [7, 11) is 0. The molecule has 6 unspecified atom stereocenters. The highest BCUT2D eigenvalue weighted by Gasteiger charge is 2.34. The van der Waals surface area contributed by atoms with E-state index in [1.165, 1.54) is 6.92 Å². The Bertz CT molecular complexity index is 1160. The van der Waals surface area contributed by atoms with Gasteiger partial charge in [0.05, 0.1) is 18.2 Å². The zero-order valence-electron chi connectivity index (χ0n) is 21.0. The van der Waals surface area contributed by atoms with Crippen molar-refractivity contribution >= 4 is 40.5 Å². The lowest BCUT2D eigenvalue weighted by Crippen LogP contribution is -2.61. The molecule has 1 heterocycles. The normalized spacial score (nSPS) is 15.9. The summed E-state index contributed by atoms with van der Waals surface area (Å²) in [5, 5.41) is 36.7. The Morgan fingerprint density at radius 3 is 2.11 bits per heavy atom. The van der Waals surface area contributed by atoms with Crippen molar-refractivity contribution in [1.29, 1.82) is 0 Å². The maximum atomic E-state index is 13.3. The minimum absolute atomic E-state index is 0.0380. The van der Waals surface area contributed by atoms with Gasteiger partial charge in [-0.2, -0.15) is 0 Å². The Morgan fingerprint density at radius 1 is 0.921 bits per heavy atom. The summed E-state index contributed by atoms with van der Waals surface area (Å²) in [6.45, 7) is 2.36. The van der Waals surface area contributed by atoms with E-state index in [0.717, 1.165) is 17.8 Å². The first kappa shape index (κ1) is 30.2. The van der Waals surface area contributed by atoms with Crippen LogP contribution in [-0.4, -0.2) is 86.3 Å². The number of fused-ring (bicyclic) bond motifs is 1. The third kappa shape index (κ3) is 8.26. The van der Waals surface area contributed by atoms with Gasteiger partial charge in [-0.05, 0) is 31.9 Å². The van der Waals surface area contributed by atoms with Gasteiger partial charge < -0.3 is 47.7 Å². The fourth-order valence-electron chi connectivity index (χ4n) is 3.73. The molecule has 14 nitrogen and oxygen atoms in total. The number of nitrogens with two attached hydrogens (primary N) is 2. The van der Waals surface area contributed by atoms with Crippen LogP contribution in [0.2, 0.25) is 0 Å². The molecule has 1 aromatic heterocycles. The van der Waals surface area contributed by atoms with Gasteiger partial charge in [-0.1, -0.05) is 18.2 Å². The van der Waals surface area contributed by atoms with Crippen LogP contribution in [0.4, 0.5) is 0 Å². The van der Waals surface area contributed by atoms with E-state index >= 15 is 0 Å². The van der Waals surface area contributed by atoms with E-state index in [2.05, 4.69) is 20.9 Å². The summed E-state index contributed by atoms with van der Waals surface area (Å²) in [6.07, 6.45) is -1.52. The minimum atomic E-state index is -1.69. The predicted octanol–water partition coefficient (Wildman–Crippen LogP) is -2.40. The van der Waals surface area contributed by atoms with Crippen molar-refractivity contribution in [2.75, 3.05) is 0 Å². The molecule has 0 spiro atoms. The number of carboxylic acids is 1. The zero-order chi connectivity index (χ0) is 28.6. The van der Waals surface area contributed by atoms with Crippen molar-refractivity contribution in [3.8, 4) is 0 Å². The molecule has 208 valence electrons. The van der Waals surface area contributed by atoms with E-state index in [1.54, 1.807) is 12.3 Å². The van der Waals surface area contributed by atoms with Crippen LogP contribution < -0.4 is 27.4 Å². The SMILES string of the molecule is CC(O)C(NC(=O)C(NC(=O)C(Cc1c[nH]c2ccccc12)NC(=O)C(N)CCC(N)=O)C(C)O)C(=O)O. The fourth-order valence-corrected chi connectivity index (χ4v) is 3.73. The molecule has 14 heteroatoms. The number of benzene rings is 1. The van der Waals surface area contributed by atoms with Gasteiger partial charge in [-0.3, -0.25) is 19.2 Å². The highest BCUT2D eigenvalue weighted by Crippen LogP contribution is 2.19. The van der Waals surface area contributed by atoms with Gasteiger partial charge in [0, 0.05) is 29.9 Å². The topological polar surface area (TPSA) is 250 Å². The Kier molecular flexibility index (Phi) is 10.7. The second kappa shape index (κ2) is 13.5. The molecule has 38 heavy (non-hydrogen) atoms. The molecule has 0 bridgehead atoms. The van der Waals surface area contributed by atoms with Gasteiger partial charge in [-0.25, -0.2) is 4.79 Å². The summed E-state index contributed by atoms with van der Waals surface area (Å²) < 4.78 is 0. The van der Waals surface area contributed by atoms with Crippen molar-refractivity contribution in [1.82, 2.24) is 20.9 Å². The fraction of sp³-hybridized carbons (Fsp3) is 0.458. The first-order chi connectivity index (χ1) is 17.8. The zero-order valence-corrected chi connectivity index (χ0v) is 21.0. The van der Waals surface area contributed by atoms with Crippen molar-refractivity contribution < 1.29 is 39.3 Å². The second-order valence-corrected chi connectivity index (χ2v) is 9.03. The molecule has 0 saturated carbocycles. The van der Waals surface area contributed by atoms with Crippen molar-refractivity contribution in [2.45, 2.75) is 69.5 Å². The highest BCUT2D eigenvalue weighted by molar-refractivity contribution is 5.95. The molecule has 0 saturated heterocycles. The predicted molar refractivity (Wildman–Crippen MR) is 135 cm³/mol. The highest BCUT2D eigenvalue weighted by atomic mass is 16.4. The third-order valence-electron chi connectivity index (χ3n) is 5.88. The Balaban J connectivity index is 2.28. The van der Waals surface area contributed by atoms with E-state index in [1.807, 2.05) is 18.2 Å². The molecule has 0 aliphatic rings. The molecule has 6 atom stereocenters. The number of hydrogen-bond acceptors (Lipinski definition) is 8. The quantitative estimate of drug-likeness (QED) is 0.125. The Morgan fingerprint density at radius 2 is 1.53 bits per heavy atom. The number of aromatic amines is 1. The molecule has 2 aromatic rings. The molecule has 0 radical (unpaired) electrons. The number of nitrogens with one attached hydrogen (secondary N) is 4. The Labute approximate surface area is 218 Å². The van der Waals surface area contributed by atoms with Crippen LogP contribution in [0.3, 0.4) is 0 Å². The molecule has 0 aliphatic heterocycles. The van der Waals surface area contributed by atoms with E-state index in [9.17, 15) is 39.3 Å².